The Morgan fingerprint density at radius 1 is 1.10 bits per heavy atom. The fourth-order valence-electron chi connectivity index (χ4n) is 1.75. The number of nitrogens with one attached hydrogen (secondary N) is 2. The number of esters is 1. The van der Waals surface area contributed by atoms with Crippen LogP contribution < -0.4 is 15.4 Å². The van der Waals surface area contributed by atoms with Gasteiger partial charge in [0.05, 0.1) is 6.61 Å². The van der Waals surface area contributed by atoms with E-state index in [1.165, 1.54) is 0 Å². The summed E-state index contributed by atoms with van der Waals surface area (Å²) in [5, 5.41) is 4.91. The van der Waals surface area contributed by atoms with E-state index in [0.717, 1.165) is 22.4 Å². The largest absolute Gasteiger partial charge is 0.473 e. The smallest absolute Gasteiger partial charge is 0.325 e. The van der Waals surface area contributed by atoms with E-state index in [9.17, 15) is 9.59 Å². The van der Waals surface area contributed by atoms with Gasteiger partial charge in [0, 0.05) is 0 Å². The van der Waals surface area contributed by atoms with Gasteiger partial charge in [0.1, 0.15) is 12.3 Å². The summed E-state index contributed by atoms with van der Waals surface area (Å²) in [4.78, 5) is 22.5. The maximum Gasteiger partial charge on any atom is 0.325 e. The van der Waals surface area contributed by atoms with Gasteiger partial charge in [0.15, 0.2) is 6.73 Å². The molecular weight excluding hydrogens is 272 g/mol. The maximum absolute atomic E-state index is 11.5. The van der Waals surface area contributed by atoms with Crippen molar-refractivity contribution in [3.8, 4) is 5.75 Å². The number of amides is 2. The first-order chi connectivity index (χ1) is 9.95. The zero-order valence-corrected chi connectivity index (χ0v) is 12.9. The Labute approximate surface area is 124 Å². The molecule has 0 aliphatic carbocycles. The Bertz CT molecular complexity index is 515. The molecule has 21 heavy (non-hydrogen) atoms. The second-order valence-corrected chi connectivity index (χ2v) is 4.61. The van der Waals surface area contributed by atoms with Crippen molar-refractivity contribution in [1.29, 1.82) is 0 Å². The molecule has 0 saturated heterocycles. The minimum atomic E-state index is -0.481. The summed E-state index contributed by atoms with van der Waals surface area (Å²) in [5.74, 6) is 0.291. The molecule has 2 amide bonds. The summed E-state index contributed by atoms with van der Waals surface area (Å²) < 4.78 is 10.3. The van der Waals surface area contributed by atoms with Crippen molar-refractivity contribution in [2.45, 2.75) is 27.7 Å². The molecule has 0 aliphatic rings. The number of hydrogen-bond donors (Lipinski definition) is 2. The van der Waals surface area contributed by atoms with Crippen LogP contribution in [0.5, 0.6) is 5.75 Å². The first-order valence-corrected chi connectivity index (χ1v) is 6.82. The van der Waals surface area contributed by atoms with Gasteiger partial charge in [-0.05, 0) is 44.4 Å². The minimum Gasteiger partial charge on any atom is -0.473 e. The van der Waals surface area contributed by atoms with Crippen LogP contribution in [0.1, 0.15) is 23.6 Å². The molecule has 6 nitrogen and oxygen atoms in total. The predicted octanol–water partition coefficient (Wildman–Crippen LogP) is 1.81. The van der Waals surface area contributed by atoms with Crippen molar-refractivity contribution in [2.75, 3.05) is 19.9 Å². The zero-order chi connectivity index (χ0) is 15.8. The molecule has 0 unspecified atom stereocenters. The standard InChI is InChI=1S/C15H22N2O4/c1-5-20-13(18)8-16-15(19)17-9-21-14-11(3)7-6-10(2)12(14)4/h6-7H,5,8-9H2,1-4H3,(H2,16,17,19). The van der Waals surface area contributed by atoms with Gasteiger partial charge >= 0.3 is 12.0 Å². The van der Waals surface area contributed by atoms with Crippen LogP contribution in [0.3, 0.4) is 0 Å². The van der Waals surface area contributed by atoms with Crippen molar-refractivity contribution in [2.24, 2.45) is 0 Å². The van der Waals surface area contributed by atoms with Crippen LogP contribution in [-0.4, -0.2) is 31.9 Å². The Hall–Kier alpha value is -2.24. The van der Waals surface area contributed by atoms with Crippen LogP contribution >= 0.6 is 0 Å². The first-order valence-electron chi connectivity index (χ1n) is 6.82. The van der Waals surface area contributed by atoms with E-state index in [4.69, 9.17) is 9.47 Å². The number of urea groups is 1. The molecule has 0 spiro atoms. The topological polar surface area (TPSA) is 76.7 Å². The fraction of sp³-hybridized carbons (Fsp3) is 0.467. The average molecular weight is 294 g/mol. The monoisotopic (exact) mass is 294 g/mol. The van der Waals surface area contributed by atoms with E-state index in [2.05, 4.69) is 10.6 Å². The second-order valence-electron chi connectivity index (χ2n) is 4.61. The van der Waals surface area contributed by atoms with E-state index in [1.807, 2.05) is 32.9 Å². The van der Waals surface area contributed by atoms with E-state index in [-0.39, 0.29) is 19.9 Å². The van der Waals surface area contributed by atoms with Crippen molar-refractivity contribution in [3.63, 3.8) is 0 Å². The highest BCUT2D eigenvalue weighted by atomic mass is 16.5. The quantitative estimate of drug-likeness (QED) is 0.619. The molecule has 0 bridgehead atoms. The molecule has 0 heterocycles. The summed E-state index contributed by atoms with van der Waals surface area (Å²) in [5.41, 5.74) is 3.18. The van der Waals surface area contributed by atoms with Crippen LogP contribution in [0.15, 0.2) is 12.1 Å². The highest BCUT2D eigenvalue weighted by Gasteiger charge is 2.08. The molecule has 0 radical (unpaired) electrons. The summed E-state index contributed by atoms with van der Waals surface area (Å²) in [7, 11) is 0. The highest BCUT2D eigenvalue weighted by Crippen LogP contribution is 2.25. The summed E-state index contributed by atoms with van der Waals surface area (Å²) in [6.07, 6.45) is 0. The van der Waals surface area contributed by atoms with E-state index >= 15 is 0 Å². The summed E-state index contributed by atoms with van der Waals surface area (Å²) in [6, 6.07) is 3.51. The molecule has 0 aliphatic heterocycles. The predicted molar refractivity (Wildman–Crippen MR) is 79.3 cm³/mol. The third-order valence-corrected chi connectivity index (χ3v) is 3.02. The number of carbonyl (C=O) groups is 2. The Morgan fingerprint density at radius 3 is 2.43 bits per heavy atom. The second kappa shape index (κ2) is 8.14. The summed E-state index contributed by atoms with van der Waals surface area (Å²) >= 11 is 0. The minimum absolute atomic E-state index is 0.0276. The van der Waals surface area contributed by atoms with E-state index < -0.39 is 12.0 Å². The van der Waals surface area contributed by atoms with Crippen LogP contribution in [0.25, 0.3) is 0 Å². The van der Waals surface area contributed by atoms with Crippen LogP contribution in [0.2, 0.25) is 0 Å². The van der Waals surface area contributed by atoms with Gasteiger partial charge < -0.3 is 20.1 Å². The number of ether oxygens (including phenoxy) is 2. The normalized spacial score (nSPS) is 9.90. The lowest BCUT2D eigenvalue weighted by molar-refractivity contribution is -0.141. The molecule has 0 aromatic heterocycles. The Kier molecular flexibility index (Phi) is 6.52. The van der Waals surface area contributed by atoms with Crippen molar-refractivity contribution in [1.82, 2.24) is 10.6 Å². The summed E-state index contributed by atoms with van der Waals surface area (Å²) in [6.45, 7) is 7.78. The maximum atomic E-state index is 11.5. The fourth-order valence-corrected chi connectivity index (χ4v) is 1.75. The molecule has 2 N–H and O–H groups in total. The van der Waals surface area contributed by atoms with Crippen molar-refractivity contribution >= 4 is 12.0 Å². The third kappa shape index (κ3) is 5.33. The number of rotatable bonds is 6. The molecule has 0 fully saturated rings. The van der Waals surface area contributed by atoms with E-state index in [1.54, 1.807) is 6.92 Å². The van der Waals surface area contributed by atoms with Gasteiger partial charge in [-0.2, -0.15) is 0 Å². The highest BCUT2D eigenvalue weighted by molar-refractivity contribution is 5.80. The first kappa shape index (κ1) is 16.8. The lowest BCUT2D eigenvalue weighted by atomic mass is 10.1. The molecule has 1 aromatic rings. The number of aryl methyl sites for hydroxylation is 2. The zero-order valence-electron chi connectivity index (χ0n) is 12.9. The van der Waals surface area contributed by atoms with Gasteiger partial charge in [0.25, 0.3) is 0 Å². The van der Waals surface area contributed by atoms with Crippen LogP contribution in [-0.2, 0) is 9.53 Å². The SMILES string of the molecule is CCOC(=O)CNC(=O)NCOc1c(C)ccc(C)c1C. The van der Waals surface area contributed by atoms with Gasteiger partial charge in [-0.15, -0.1) is 0 Å². The van der Waals surface area contributed by atoms with Crippen LogP contribution in [0, 0.1) is 20.8 Å². The lowest BCUT2D eigenvalue weighted by Crippen LogP contribution is -2.40. The molecule has 1 rings (SSSR count). The number of hydrogen-bond acceptors (Lipinski definition) is 4. The van der Waals surface area contributed by atoms with Crippen LogP contribution in [0.4, 0.5) is 4.79 Å². The number of carbonyl (C=O) groups excluding carboxylic acids is 2. The molecule has 116 valence electrons. The number of benzene rings is 1. The molecule has 0 atom stereocenters. The van der Waals surface area contributed by atoms with E-state index in [0.29, 0.717) is 0 Å². The van der Waals surface area contributed by atoms with Crippen molar-refractivity contribution in [3.05, 3.63) is 28.8 Å². The Morgan fingerprint density at radius 2 is 1.76 bits per heavy atom. The molecular formula is C15H22N2O4. The van der Waals surface area contributed by atoms with Gasteiger partial charge in [-0.3, -0.25) is 4.79 Å². The third-order valence-electron chi connectivity index (χ3n) is 3.02. The van der Waals surface area contributed by atoms with Gasteiger partial charge in [0.2, 0.25) is 0 Å². The molecule has 1 aromatic carbocycles. The molecule has 6 heteroatoms. The van der Waals surface area contributed by atoms with Gasteiger partial charge in [-0.25, -0.2) is 4.79 Å². The van der Waals surface area contributed by atoms with Gasteiger partial charge in [-0.1, -0.05) is 12.1 Å². The lowest BCUT2D eigenvalue weighted by Gasteiger charge is -2.14. The Balaban J connectivity index is 2.39. The average Bonchev–Trinajstić information content (AvgIpc) is 2.45. The van der Waals surface area contributed by atoms with Crippen molar-refractivity contribution < 1.29 is 19.1 Å². The molecule has 0 saturated carbocycles.